The number of carbonyl (C=O) groups is 2. The van der Waals surface area contributed by atoms with Gasteiger partial charge in [-0.3, -0.25) is 9.59 Å². The number of allylic oxidation sites excluding steroid dienone is 3. The Morgan fingerprint density at radius 3 is 2.45 bits per heavy atom. The first-order chi connectivity index (χ1) is 5.15. The van der Waals surface area contributed by atoms with E-state index >= 15 is 0 Å². The Morgan fingerprint density at radius 2 is 1.91 bits per heavy atom. The molecule has 1 N–H and O–H groups in total. The quantitative estimate of drug-likeness (QED) is 0.538. The highest BCUT2D eigenvalue weighted by Crippen LogP contribution is 2.09. The van der Waals surface area contributed by atoms with E-state index in [9.17, 15) is 9.59 Å². The van der Waals surface area contributed by atoms with Gasteiger partial charge in [0.25, 0.3) is 0 Å². The fourth-order valence-electron chi connectivity index (χ4n) is 0.827. The normalized spacial score (nSPS) is 18.0. The molecule has 3 heteroatoms. The molecule has 0 saturated carbocycles. The van der Waals surface area contributed by atoms with Gasteiger partial charge in [0.1, 0.15) is 0 Å². The summed E-state index contributed by atoms with van der Waals surface area (Å²) in [4.78, 5) is 21.8. The van der Waals surface area contributed by atoms with E-state index in [1.807, 2.05) is 0 Å². The molecule has 0 amide bonds. The van der Waals surface area contributed by atoms with Crippen molar-refractivity contribution in [3.8, 4) is 0 Å². The molecule has 11 heavy (non-hydrogen) atoms. The number of aliphatic hydroxyl groups excluding tert-OH is 1. The van der Waals surface area contributed by atoms with E-state index in [2.05, 4.69) is 0 Å². The summed E-state index contributed by atoms with van der Waals surface area (Å²) >= 11 is 0. The average Bonchev–Trinajstić information content (AvgIpc) is 1.97. The summed E-state index contributed by atoms with van der Waals surface area (Å²) in [5, 5.41) is 8.59. The van der Waals surface area contributed by atoms with Gasteiger partial charge in [-0.25, -0.2) is 0 Å². The van der Waals surface area contributed by atoms with Crippen molar-refractivity contribution < 1.29 is 14.7 Å². The van der Waals surface area contributed by atoms with E-state index < -0.39 is 0 Å². The van der Waals surface area contributed by atoms with Gasteiger partial charge in [0.15, 0.2) is 11.6 Å². The molecule has 0 aromatic carbocycles. The molecule has 0 spiro atoms. The van der Waals surface area contributed by atoms with Crippen LogP contribution in [0.2, 0.25) is 0 Å². The molecular formula is C8H8O3. The Morgan fingerprint density at radius 1 is 1.27 bits per heavy atom. The van der Waals surface area contributed by atoms with E-state index in [4.69, 9.17) is 5.11 Å². The zero-order valence-corrected chi connectivity index (χ0v) is 6.13. The van der Waals surface area contributed by atoms with Gasteiger partial charge in [0.2, 0.25) is 0 Å². The minimum Gasteiger partial charge on any atom is -0.392 e. The lowest BCUT2D eigenvalue weighted by molar-refractivity contribution is -0.115. The summed E-state index contributed by atoms with van der Waals surface area (Å²) in [6.45, 7) is 1.21. The van der Waals surface area contributed by atoms with E-state index in [1.165, 1.54) is 12.2 Å². The van der Waals surface area contributed by atoms with Gasteiger partial charge in [-0.2, -0.15) is 0 Å². The van der Waals surface area contributed by atoms with Crippen LogP contribution in [-0.4, -0.2) is 23.3 Å². The van der Waals surface area contributed by atoms with Gasteiger partial charge >= 0.3 is 0 Å². The molecular weight excluding hydrogens is 144 g/mol. The summed E-state index contributed by atoms with van der Waals surface area (Å²) in [5.41, 5.74) is 0.591. The molecule has 3 nitrogen and oxygen atoms in total. The molecule has 58 valence electrons. The van der Waals surface area contributed by atoms with Crippen LogP contribution in [0.15, 0.2) is 23.3 Å². The van der Waals surface area contributed by atoms with Gasteiger partial charge in [0, 0.05) is 11.1 Å². The topological polar surface area (TPSA) is 54.4 Å². The first-order valence-corrected chi connectivity index (χ1v) is 3.23. The zero-order valence-electron chi connectivity index (χ0n) is 6.13. The highest BCUT2D eigenvalue weighted by molar-refractivity contribution is 6.19. The summed E-state index contributed by atoms with van der Waals surface area (Å²) in [5.74, 6) is -0.474. The van der Waals surface area contributed by atoms with Crippen LogP contribution in [0, 0.1) is 0 Å². The largest absolute Gasteiger partial charge is 0.392 e. The van der Waals surface area contributed by atoms with E-state index in [0.29, 0.717) is 5.57 Å². The maximum Gasteiger partial charge on any atom is 0.184 e. The van der Waals surface area contributed by atoms with Crippen LogP contribution < -0.4 is 0 Å². The number of hydrogen-bond donors (Lipinski definition) is 1. The van der Waals surface area contributed by atoms with Crippen LogP contribution in [0.1, 0.15) is 6.92 Å². The summed E-state index contributed by atoms with van der Waals surface area (Å²) in [6, 6.07) is 0. The van der Waals surface area contributed by atoms with E-state index in [1.54, 1.807) is 6.92 Å². The molecule has 1 rings (SSSR count). The van der Waals surface area contributed by atoms with Crippen molar-refractivity contribution in [1.82, 2.24) is 0 Å². The van der Waals surface area contributed by atoms with Crippen LogP contribution in [0.3, 0.4) is 0 Å². The highest BCUT2D eigenvalue weighted by atomic mass is 16.3. The first kappa shape index (κ1) is 7.88. The lowest BCUT2D eigenvalue weighted by atomic mass is 9.99. The summed E-state index contributed by atoms with van der Waals surface area (Å²) < 4.78 is 0. The number of ketones is 2. The minimum atomic E-state index is -0.367. The standard InChI is InChI=1S/C8H8O3/c1-5-2-8(11)6(4-9)3-7(5)10/h2-3,9H,4H2,1H3. The fraction of sp³-hybridized carbons (Fsp3) is 0.250. The second kappa shape index (κ2) is 2.80. The molecule has 1 aliphatic carbocycles. The Balaban J connectivity index is 2.98. The third-order valence-electron chi connectivity index (χ3n) is 1.53. The number of rotatable bonds is 1. The third kappa shape index (κ3) is 1.43. The van der Waals surface area contributed by atoms with Gasteiger partial charge in [-0.15, -0.1) is 0 Å². The number of aliphatic hydroxyl groups is 1. The smallest absolute Gasteiger partial charge is 0.184 e. The van der Waals surface area contributed by atoms with Crippen LogP contribution >= 0.6 is 0 Å². The van der Waals surface area contributed by atoms with Gasteiger partial charge in [-0.1, -0.05) is 0 Å². The lowest BCUT2D eigenvalue weighted by Crippen LogP contribution is -2.13. The Labute approximate surface area is 64.0 Å². The Hall–Kier alpha value is -1.22. The highest BCUT2D eigenvalue weighted by Gasteiger charge is 2.15. The predicted molar refractivity (Wildman–Crippen MR) is 38.9 cm³/mol. The van der Waals surface area contributed by atoms with Crippen molar-refractivity contribution in [1.29, 1.82) is 0 Å². The van der Waals surface area contributed by atoms with Crippen molar-refractivity contribution in [2.24, 2.45) is 0 Å². The van der Waals surface area contributed by atoms with Crippen molar-refractivity contribution in [2.45, 2.75) is 6.92 Å². The van der Waals surface area contributed by atoms with E-state index in [-0.39, 0.29) is 23.7 Å². The first-order valence-electron chi connectivity index (χ1n) is 3.23. The molecule has 0 aliphatic heterocycles. The van der Waals surface area contributed by atoms with Gasteiger partial charge in [0.05, 0.1) is 6.61 Å². The van der Waals surface area contributed by atoms with Crippen LogP contribution in [0.4, 0.5) is 0 Å². The SMILES string of the molecule is CC1=CC(=O)C(CO)=CC1=O. The third-order valence-corrected chi connectivity index (χ3v) is 1.53. The van der Waals surface area contributed by atoms with Crippen LogP contribution in [0.5, 0.6) is 0 Å². The summed E-state index contributed by atoms with van der Waals surface area (Å²) in [6.07, 6.45) is 2.42. The lowest BCUT2D eigenvalue weighted by Gasteiger charge is -2.05. The molecule has 0 aromatic rings. The van der Waals surface area contributed by atoms with Crippen LogP contribution in [0.25, 0.3) is 0 Å². The molecule has 0 fully saturated rings. The molecule has 0 saturated heterocycles. The Bertz CT molecular complexity index is 271. The fourth-order valence-corrected chi connectivity index (χ4v) is 0.827. The van der Waals surface area contributed by atoms with Crippen LogP contribution in [-0.2, 0) is 9.59 Å². The van der Waals surface area contributed by atoms with Crippen molar-refractivity contribution >= 4 is 11.6 Å². The molecule has 0 radical (unpaired) electrons. The zero-order chi connectivity index (χ0) is 8.43. The average molecular weight is 152 g/mol. The molecule has 0 heterocycles. The number of hydrogen-bond acceptors (Lipinski definition) is 3. The van der Waals surface area contributed by atoms with Crippen molar-refractivity contribution in [3.05, 3.63) is 23.3 Å². The predicted octanol–water partition coefficient (Wildman–Crippen LogP) is 0.00320. The summed E-state index contributed by atoms with van der Waals surface area (Å²) in [7, 11) is 0. The maximum absolute atomic E-state index is 10.9. The molecule has 0 bridgehead atoms. The van der Waals surface area contributed by atoms with Crippen molar-refractivity contribution in [3.63, 3.8) is 0 Å². The van der Waals surface area contributed by atoms with Gasteiger partial charge < -0.3 is 5.11 Å². The second-order valence-corrected chi connectivity index (χ2v) is 2.38. The second-order valence-electron chi connectivity index (χ2n) is 2.38. The minimum absolute atomic E-state index is 0.167. The molecule has 0 atom stereocenters. The van der Waals surface area contributed by atoms with Crippen molar-refractivity contribution in [2.75, 3.05) is 6.61 Å². The monoisotopic (exact) mass is 152 g/mol. The molecule has 0 aromatic heterocycles. The van der Waals surface area contributed by atoms with Gasteiger partial charge in [-0.05, 0) is 19.1 Å². The molecule has 1 aliphatic rings. The molecule has 0 unspecified atom stereocenters. The number of carbonyl (C=O) groups excluding carboxylic acids is 2. The maximum atomic E-state index is 10.9. The van der Waals surface area contributed by atoms with E-state index in [0.717, 1.165) is 0 Å². The Kier molecular flexibility index (Phi) is 2.01.